The lowest BCUT2D eigenvalue weighted by Gasteiger charge is -2.15. The quantitative estimate of drug-likeness (QED) is 0.673. The molecule has 0 bridgehead atoms. The minimum absolute atomic E-state index is 0.147. The number of ketones is 1. The van der Waals surface area contributed by atoms with Crippen LogP contribution in [0.5, 0.6) is 5.75 Å². The summed E-state index contributed by atoms with van der Waals surface area (Å²) in [5.41, 5.74) is 1.48. The zero-order valence-corrected chi connectivity index (χ0v) is 15.7. The fourth-order valence-corrected chi connectivity index (χ4v) is 2.93. The number of rotatable bonds is 5. The number of nitrogens with zero attached hydrogens (tertiary/aromatic N) is 1. The molecule has 1 N–H and O–H groups in total. The topological polar surface area (TPSA) is 90.5 Å². The maximum absolute atomic E-state index is 12.7. The molecule has 140 valence electrons. The SMILES string of the molecule is COc1ccc(Cl)cc1NC(=O)C(C)n1c(=O)oc2cc(C(C)=O)ccc21. The van der Waals surface area contributed by atoms with Gasteiger partial charge in [-0.2, -0.15) is 0 Å². The van der Waals surface area contributed by atoms with Crippen LogP contribution in [0, 0.1) is 0 Å². The Morgan fingerprint density at radius 1 is 1.22 bits per heavy atom. The second kappa shape index (κ2) is 7.28. The van der Waals surface area contributed by atoms with Gasteiger partial charge in [0.05, 0.1) is 18.3 Å². The van der Waals surface area contributed by atoms with Gasteiger partial charge in [0.25, 0.3) is 0 Å². The van der Waals surface area contributed by atoms with Crippen LogP contribution in [0.15, 0.2) is 45.6 Å². The first kappa shape index (κ1) is 18.7. The molecule has 0 radical (unpaired) electrons. The first-order valence-electron chi connectivity index (χ1n) is 8.12. The van der Waals surface area contributed by atoms with Gasteiger partial charge < -0.3 is 14.5 Å². The van der Waals surface area contributed by atoms with Crippen LogP contribution in [0.3, 0.4) is 0 Å². The largest absolute Gasteiger partial charge is 0.495 e. The van der Waals surface area contributed by atoms with Crippen LogP contribution in [0.4, 0.5) is 5.69 Å². The van der Waals surface area contributed by atoms with E-state index in [-0.39, 0.29) is 11.4 Å². The van der Waals surface area contributed by atoms with Crippen molar-refractivity contribution < 1.29 is 18.7 Å². The number of halogens is 1. The molecule has 3 aromatic rings. The molecule has 1 aromatic heterocycles. The summed E-state index contributed by atoms with van der Waals surface area (Å²) >= 11 is 5.98. The van der Waals surface area contributed by atoms with Crippen molar-refractivity contribution in [3.05, 3.63) is 57.5 Å². The van der Waals surface area contributed by atoms with Crippen molar-refractivity contribution in [1.82, 2.24) is 4.57 Å². The summed E-state index contributed by atoms with van der Waals surface area (Å²) in [6.45, 7) is 2.99. The van der Waals surface area contributed by atoms with E-state index < -0.39 is 17.7 Å². The average Bonchev–Trinajstić information content (AvgIpc) is 2.95. The zero-order valence-electron chi connectivity index (χ0n) is 14.9. The number of fused-ring (bicyclic) bond motifs is 1. The van der Waals surface area contributed by atoms with Crippen LogP contribution >= 0.6 is 11.6 Å². The molecule has 1 heterocycles. The fourth-order valence-electron chi connectivity index (χ4n) is 2.75. The highest BCUT2D eigenvalue weighted by Crippen LogP contribution is 2.28. The Labute approximate surface area is 159 Å². The average molecular weight is 389 g/mol. The molecule has 0 fully saturated rings. The smallest absolute Gasteiger partial charge is 0.420 e. The van der Waals surface area contributed by atoms with Crippen molar-refractivity contribution >= 4 is 40.1 Å². The van der Waals surface area contributed by atoms with Gasteiger partial charge in [-0.1, -0.05) is 11.6 Å². The predicted molar refractivity (Wildman–Crippen MR) is 102 cm³/mol. The van der Waals surface area contributed by atoms with E-state index in [4.69, 9.17) is 20.8 Å². The van der Waals surface area contributed by atoms with Gasteiger partial charge in [-0.05, 0) is 50.2 Å². The second-order valence-corrected chi connectivity index (χ2v) is 6.42. The van der Waals surface area contributed by atoms with Crippen molar-refractivity contribution in [2.45, 2.75) is 19.9 Å². The van der Waals surface area contributed by atoms with Gasteiger partial charge in [-0.3, -0.25) is 14.2 Å². The summed E-state index contributed by atoms with van der Waals surface area (Å²) in [5, 5.41) is 3.14. The van der Waals surface area contributed by atoms with E-state index >= 15 is 0 Å². The van der Waals surface area contributed by atoms with Crippen molar-refractivity contribution in [3.63, 3.8) is 0 Å². The molecule has 8 heteroatoms. The van der Waals surface area contributed by atoms with Crippen LogP contribution in [-0.4, -0.2) is 23.4 Å². The van der Waals surface area contributed by atoms with Crippen LogP contribution in [0.1, 0.15) is 30.2 Å². The summed E-state index contributed by atoms with van der Waals surface area (Å²) in [5.74, 6) is -0.844. The predicted octanol–water partition coefficient (Wildman–Crippen LogP) is 3.66. The number of aromatic nitrogens is 1. The highest BCUT2D eigenvalue weighted by Gasteiger charge is 2.23. The first-order chi connectivity index (χ1) is 12.8. The van der Waals surface area contributed by atoms with Crippen molar-refractivity contribution in [3.8, 4) is 5.75 Å². The maximum atomic E-state index is 12.7. The number of amides is 1. The second-order valence-electron chi connectivity index (χ2n) is 5.99. The summed E-state index contributed by atoms with van der Waals surface area (Å²) in [4.78, 5) is 36.5. The number of oxazole rings is 1. The summed E-state index contributed by atoms with van der Waals surface area (Å²) < 4.78 is 11.6. The number of carbonyl (C=O) groups is 2. The molecule has 1 unspecified atom stereocenters. The lowest BCUT2D eigenvalue weighted by molar-refractivity contribution is -0.118. The van der Waals surface area contributed by atoms with Gasteiger partial charge in [-0.15, -0.1) is 0 Å². The molecule has 0 aliphatic rings. The van der Waals surface area contributed by atoms with Crippen LogP contribution < -0.4 is 15.8 Å². The Morgan fingerprint density at radius 3 is 2.63 bits per heavy atom. The zero-order chi connectivity index (χ0) is 19.7. The molecule has 1 atom stereocenters. The van der Waals surface area contributed by atoms with E-state index in [9.17, 15) is 14.4 Å². The standard InChI is InChI=1S/C19H17ClN2O5/c1-10(18(24)21-14-9-13(20)5-7-16(14)26-3)22-15-6-4-12(11(2)23)8-17(15)27-19(22)25/h4-10H,1-3H3,(H,21,24). The third-order valence-electron chi connectivity index (χ3n) is 4.21. The van der Waals surface area contributed by atoms with Crippen LogP contribution in [0.2, 0.25) is 5.02 Å². The maximum Gasteiger partial charge on any atom is 0.420 e. The molecule has 3 rings (SSSR count). The van der Waals surface area contributed by atoms with E-state index in [2.05, 4.69) is 5.32 Å². The number of anilines is 1. The van der Waals surface area contributed by atoms with Crippen LogP contribution in [-0.2, 0) is 4.79 Å². The Balaban J connectivity index is 1.96. The molecule has 1 amide bonds. The fraction of sp³-hybridized carbons (Fsp3) is 0.211. The normalized spacial score (nSPS) is 12.0. The van der Waals surface area contributed by atoms with Gasteiger partial charge in [0, 0.05) is 10.6 Å². The molecule has 0 saturated heterocycles. The summed E-state index contributed by atoms with van der Waals surface area (Å²) in [7, 11) is 1.48. The summed E-state index contributed by atoms with van der Waals surface area (Å²) in [6, 6.07) is 8.61. The minimum atomic E-state index is -0.870. The number of ether oxygens (including phenoxy) is 1. The van der Waals surface area contributed by atoms with E-state index in [0.29, 0.717) is 27.5 Å². The van der Waals surface area contributed by atoms with Gasteiger partial charge >= 0.3 is 5.76 Å². The van der Waals surface area contributed by atoms with Crippen molar-refractivity contribution in [2.75, 3.05) is 12.4 Å². The van der Waals surface area contributed by atoms with Gasteiger partial charge in [0.2, 0.25) is 5.91 Å². The number of methoxy groups -OCH3 is 1. The number of carbonyl (C=O) groups excluding carboxylic acids is 2. The highest BCUT2D eigenvalue weighted by atomic mass is 35.5. The molecular formula is C19H17ClN2O5. The number of hydrogen-bond donors (Lipinski definition) is 1. The van der Waals surface area contributed by atoms with Crippen molar-refractivity contribution in [1.29, 1.82) is 0 Å². The van der Waals surface area contributed by atoms with E-state index in [1.165, 1.54) is 24.7 Å². The Bertz CT molecular complexity index is 1100. The lowest BCUT2D eigenvalue weighted by atomic mass is 10.1. The Kier molecular flexibility index (Phi) is 5.05. The molecule has 0 aliphatic heterocycles. The molecular weight excluding hydrogens is 372 g/mol. The number of Topliss-reactive ketones (excluding diaryl/α,β-unsaturated/α-hetero) is 1. The molecule has 7 nitrogen and oxygen atoms in total. The van der Waals surface area contributed by atoms with E-state index in [1.54, 1.807) is 37.3 Å². The molecule has 2 aromatic carbocycles. The van der Waals surface area contributed by atoms with Crippen molar-refractivity contribution in [2.24, 2.45) is 0 Å². The van der Waals surface area contributed by atoms with Gasteiger partial charge in [0.15, 0.2) is 11.4 Å². The number of benzene rings is 2. The molecule has 0 saturated carbocycles. The Morgan fingerprint density at radius 2 is 1.96 bits per heavy atom. The third-order valence-corrected chi connectivity index (χ3v) is 4.44. The monoisotopic (exact) mass is 388 g/mol. The lowest BCUT2D eigenvalue weighted by Crippen LogP contribution is -2.29. The number of hydrogen-bond acceptors (Lipinski definition) is 5. The highest BCUT2D eigenvalue weighted by molar-refractivity contribution is 6.31. The van der Waals surface area contributed by atoms with E-state index in [1.807, 2.05) is 0 Å². The first-order valence-corrected chi connectivity index (χ1v) is 8.50. The van der Waals surface area contributed by atoms with Gasteiger partial charge in [-0.25, -0.2) is 4.79 Å². The third kappa shape index (κ3) is 3.59. The van der Waals surface area contributed by atoms with Gasteiger partial charge in [0.1, 0.15) is 11.8 Å². The minimum Gasteiger partial charge on any atom is -0.495 e. The summed E-state index contributed by atoms with van der Waals surface area (Å²) in [6.07, 6.45) is 0. The molecule has 0 aliphatic carbocycles. The van der Waals surface area contributed by atoms with Crippen LogP contribution in [0.25, 0.3) is 11.1 Å². The number of nitrogens with one attached hydrogen (secondary N) is 1. The Hall–Kier alpha value is -3.06. The molecule has 27 heavy (non-hydrogen) atoms. The van der Waals surface area contributed by atoms with E-state index in [0.717, 1.165) is 0 Å². The molecule has 0 spiro atoms.